The van der Waals surface area contributed by atoms with E-state index in [1.165, 1.54) is 6.20 Å². The van der Waals surface area contributed by atoms with E-state index in [0.717, 1.165) is 6.42 Å². The number of halogens is 1. The van der Waals surface area contributed by atoms with Crippen LogP contribution in [0.2, 0.25) is 5.02 Å². The average Bonchev–Trinajstić information content (AvgIpc) is 2.90. The van der Waals surface area contributed by atoms with E-state index in [-0.39, 0.29) is 0 Å². The number of hydrogen-bond acceptors (Lipinski definition) is 6. The van der Waals surface area contributed by atoms with Crippen molar-refractivity contribution >= 4 is 11.6 Å². The molecule has 2 rings (SSSR count). The van der Waals surface area contributed by atoms with Crippen LogP contribution >= 0.6 is 11.6 Å². The fourth-order valence-electron chi connectivity index (χ4n) is 1.61. The Morgan fingerprint density at radius 1 is 1.50 bits per heavy atom. The van der Waals surface area contributed by atoms with E-state index in [4.69, 9.17) is 26.6 Å². The predicted molar refractivity (Wildman–Crippen MR) is 75.2 cm³/mol. The van der Waals surface area contributed by atoms with E-state index in [0.29, 0.717) is 35.5 Å². The van der Waals surface area contributed by atoms with Gasteiger partial charge in [-0.25, -0.2) is 0 Å². The minimum atomic E-state index is -0.809. The van der Waals surface area contributed by atoms with Gasteiger partial charge in [-0.2, -0.15) is 4.98 Å². The highest BCUT2D eigenvalue weighted by atomic mass is 35.5. The molecule has 108 valence electrons. The molecule has 2 N–H and O–H groups in total. The van der Waals surface area contributed by atoms with Crippen molar-refractivity contribution in [3.05, 3.63) is 29.3 Å². The van der Waals surface area contributed by atoms with Gasteiger partial charge in [-0.05, 0) is 19.4 Å². The van der Waals surface area contributed by atoms with Crippen LogP contribution in [0.25, 0.3) is 11.5 Å². The highest BCUT2D eigenvalue weighted by Crippen LogP contribution is 2.26. The molecule has 20 heavy (non-hydrogen) atoms. The molecule has 2 aromatic heterocycles. The summed E-state index contributed by atoms with van der Waals surface area (Å²) in [4.78, 5) is 8.21. The van der Waals surface area contributed by atoms with Crippen LogP contribution in [0.15, 0.2) is 23.0 Å². The lowest BCUT2D eigenvalue weighted by molar-refractivity contribution is 0.0867. The van der Waals surface area contributed by atoms with Gasteiger partial charge in [-0.15, -0.1) is 0 Å². The van der Waals surface area contributed by atoms with Crippen LogP contribution in [0.5, 0.6) is 0 Å². The molecule has 1 unspecified atom stereocenters. The first-order valence-corrected chi connectivity index (χ1v) is 6.73. The zero-order valence-electron chi connectivity index (χ0n) is 11.5. The van der Waals surface area contributed by atoms with Gasteiger partial charge >= 0.3 is 0 Å². The van der Waals surface area contributed by atoms with E-state index < -0.39 is 5.54 Å². The second-order valence-electron chi connectivity index (χ2n) is 4.75. The van der Waals surface area contributed by atoms with Gasteiger partial charge in [0.05, 0.1) is 17.2 Å². The van der Waals surface area contributed by atoms with Crippen LogP contribution in [0, 0.1) is 0 Å². The molecule has 7 heteroatoms. The van der Waals surface area contributed by atoms with Crippen LogP contribution < -0.4 is 5.73 Å². The predicted octanol–water partition coefficient (Wildman–Crippen LogP) is 2.39. The molecule has 0 aliphatic carbocycles. The second-order valence-corrected chi connectivity index (χ2v) is 5.16. The van der Waals surface area contributed by atoms with Gasteiger partial charge in [0.25, 0.3) is 5.89 Å². The average molecular weight is 297 g/mol. The number of nitrogens with zero attached hydrogens (tertiary/aromatic N) is 3. The number of rotatable bonds is 6. The van der Waals surface area contributed by atoms with Crippen molar-refractivity contribution in [3.8, 4) is 11.5 Å². The van der Waals surface area contributed by atoms with Crippen LogP contribution in [0.1, 0.15) is 26.1 Å². The van der Waals surface area contributed by atoms with E-state index in [1.807, 2.05) is 6.92 Å². The number of nitrogens with two attached hydrogens (primary N) is 1. The largest absolute Gasteiger partial charge is 0.379 e. The topological polar surface area (TPSA) is 87.1 Å². The van der Waals surface area contributed by atoms with E-state index in [9.17, 15) is 0 Å². The molecule has 0 aromatic carbocycles. The molecular formula is C13H17ClN4O2. The zero-order valence-corrected chi connectivity index (χ0v) is 12.2. The van der Waals surface area contributed by atoms with Gasteiger partial charge in [0.1, 0.15) is 5.54 Å². The monoisotopic (exact) mass is 296 g/mol. The SMILES string of the molecule is CCCOCC(C)(N)c1noc(-c2ccncc2Cl)n1. The molecule has 1 atom stereocenters. The second kappa shape index (κ2) is 6.30. The summed E-state index contributed by atoms with van der Waals surface area (Å²) in [6.07, 6.45) is 4.06. The standard InChI is InChI=1S/C13H17ClN4O2/c1-3-6-19-8-13(2,15)12-17-11(20-18-12)9-4-5-16-7-10(9)14/h4-5,7H,3,6,8,15H2,1-2H3. The van der Waals surface area contributed by atoms with Crippen molar-refractivity contribution < 1.29 is 9.26 Å². The Labute approximate surface area is 122 Å². The maximum absolute atomic E-state index is 6.15. The summed E-state index contributed by atoms with van der Waals surface area (Å²) in [5.74, 6) is 0.705. The normalized spacial score (nSPS) is 14.2. The third-order valence-corrected chi connectivity index (χ3v) is 2.99. The highest BCUT2D eigenvalue weighted by molar-refractivity contribution is 6.32. The fourth-order valence-corrected chi connectivity index (χ4v) is 1.81. The minimum absolute atomic E-state index is 0.319. The van der Waals surface area contributed by atoms with Gasteiger partial charge in [0.2, 0.25) is 0 Å². The molecule has 0 spiro atoms. The number of ether oxygens (including phenoxy) is 1. The van der Waals surface area contributed by atoms with Gasteiger partial charge in [0.15, 0.2) is 5.82 Å². The van der Waals surface area contributed by atoms with E-state index >= 15 is 0 Å². The Bertz CT molecular complexity index is 571. The van der Waals surface area contributed by atoms with Crippen molar-refractivity contribution in [2.45, 2.75) is 25.8 Å². The third-order valence-electron chi connectivity index (χ3n) is 2.69. The summed E-state index contributed by atoms with van der Waals surface area (Å²) in [5.41, 5.74) is 5.97. The Balaban J connectivity index is 2.18. The summed E-state index contributed by atoms with van der Waals surface area (Å²) in [6.45, 7) is 4.80. The molecular weight excluding hydrogens is 280 g/mol. The van der Waals surface area contributed by atoms with Gasteiger partial charge in [-0.1, -0.05) is 23.7 Å². The van der Waals surface area contributed by atoms with Gasteiger partial charge in [-0.3, -0.25) is 4.98 Å². The van der Waals surface area contributed by atoms with Crippen LogP contribution in [0.3, 0.4) is 0 Å². The fraction of sp³-hybridized carbons (Fsp3) is 0.462. The lowest BCUT2D eigenvalue weighted by Crippen LogP contribution is -2.39. The molecule has 2 aromatic rings. The van der Waals surface area contributed by atoms with E-state index in [1.54, 1.807) is 19.2 Å². The smallest absolute Gasteiger partial charge is 0.259 e. The molecule has 0 saturated carbocycles. The first-order valence-electron chi connectivity index (χ1n) is 6.35. The molecule has 2 heterocycles. The molecule has 0 aliphatic heterocycles. The summed E-state index contributed by atoms with van der Waals surface area (Å²) in [5, 5.41) is 4.36. The van der Waals surface area contributed by atoms with Gasteiger partial charge in [0, 0.05) is 19.0 Å². The molecule has 0 bridgehead atoms. The lowest BCUT2D eigenvalue weighted by atomic mass is 10.1. The molecule has 0 amide bonds. The van der Waals surface area contributed by atoms with Crippen molar-refractivity contribution in [1.82, 2.24) is 15.1 Å². The molecule has 0 fully saturated rings. The minimum Gasteiger partial charge on any atom is -0.379 e. The molecule has 0 aliphatic rings. The van der Waals surface area contributed by atoms with E-state index in [2.05, 4.69) is 15.1 Å². The Kier molecular flexibility index (Phi) is 4.69. The van der Waals surface area contributed by atoms with Crippen molar-refractivity contribution in [3.63, 3.8) is 0 Å². The Morgan fingerprint density at radius 3 is 3.00 bits per heavy atom. The Morgan fingerprint density at radius 2 is 2.30 bits per heavy atom. The lowest BCUT2D eigenvalue weighted by Gasteiger charge is -2.19. The molecule has 0 radical (unpaired) electrons. The molecule has 0 saturated heterocycles. The van der Waals surface area contributed by atoms with Crippen LogP contribution in [-0.2, 0) is 10.3 Å². The summed E-state index contributed by atoms with van der Waals surface area (Å²) in [6, 6.07) is 1.71. The maximum atomic E-state index is 6.15. The van der Waals surface area contributed by atoms with Crippen molar-refractivity contribution in [1.29, 1.82) is 0 Å². The summed E-state index contributed by atoms with van der Waals surface area (Å²) >= 11 is 6.04. The van der Waals surface area contributed by atoms with Crippen molar-refractivity contribution in [2.24, 2.45) is 5.73 Å². The van der Waals surface area contributed by atoms with Crippen molar-refractivity contribution in [2.75, 3.05) is 13.2 Å². The Hall–Kier alpha value is -1.50. The van der Waals surface area contributed by atoms with Crippen LogP contribution in [-0.4, -0.2) is 28.3 Å². The third kappa shape index (κ3) is 3.33. The quantitative estimate of drug-likeness (QED) is 0.824. The first kappa shape index (κ1) is 14.9. The molecule has 6 nitrogen and oxygen atoms in total. The van der Waals surface area contributed by atoms with Crippen LogP contribution in [0.4, 0.5) is 0 Å². The zero-order chi connectivity index (χ0) is 14.6. The summed E-state index contributed by atoms with van der Waals surface area (Å²) in [7, 11) is 0. The number of hydrogen-bond donors (Lipinski definition) is 1. The number of aromatic nitrogens is 3. The summed E-state index contributed by atoms with van der Waals surface area (Å²) < 4.78 is 10.7. The maximum Gasteiger partial charge on any atom is 0.259 e. The number of pyridine rings is 1. The highest BCUT2D eigenvalue weighted by Gasteiger charge is 2.28. The van der Waals surface area contributed by atoms with Gasteiger partial charge < -0.3 is 15.0 Å². The first-order chi connectivity index (χ1) is 9.54.